The fourth-order valence-corrected chi connectivity index (χ4v) is 4.16. The third-order valence-corrected chi connectivity index (χ3v) is 6.38. The molecule has 11 heteroatoms. The lowest BCUT2D eigenvalue weighted by Gasteiger charge is -2.19. The maximum Gasteiger partial charge on any atom is 0.279 e. The Morgan fingerprint density at radius 1 is 1.03 bits per heavy atom. The lowest BCUT2D eigenvalue weighted by molar-refractivity contribution is -0.128. The van der Waals surface area contributed by atoms with Crippen LogP contribution in [0, 0.1) is 11.6 Å². The molecule has 1 unspecified atom stereocenters. The number of rotatable bonds is 8. The standard InChI is InChI=1S/C20H23F2N3O5S/c1-4-25(5-2)31(28,29)18-12-14(6-11-17(18)22)20(27)24-23-19(26)13(3)30-16-9-7-15(21)8-10-16/h6-13H,4-5H2,1-3H3,(H,23,26)(H,24,27). The van der Waals surface area contributed by atoms with E-state index in [0.29, 0.717) is 0 Å². The summed E-state index contributed by atoms with van der Waals surface area (Å²) in [5.41, 5.74) is 4.09. The highest BCUT2D eigenvalue weighted by molar-refractivity contribution is 7.89. The highest BCUT2D eigenvalue weighted by Gasteiger charge is 2.26. The molecule has 0 radical (unpaired) electrons. The molecule has 2 N–H and O–H groups in total. The predicted octanol–water partition coefficient (Wildman–Crippen LogP) is 2.22. The van der Waals surface area contributed by atoms with Crippen LogP contribution in [-0.2, 0) is 14.8 Å². The number of benzene rings is 2. The fraction of sp³-hybridized carbons (Fsp3) is 0.300. The van der Waals surface area contributed by atoms with E-state index in [1.807, 2.05) is 0 Å². The van der Waals surface area contributed by atoms with Gasteiger partial charge >= 0.3 is 0 Å². The van der Waals surface area contributed by atoms with Crippen molar-refractivity contribution >= 4 is 21.8 Å². The Labute approximate surface area is 179 Å². The number of halogens is 2. The van der Waals surface area contributed by atoms with Crippen LogP contribution < -0.4 is 15.6 Å². The highest BCUT2D eigenvalue weighted by Crippen LogP contribution is 2.21. The van der Waals surface area contributed by atoms with Crippen molar-refractivity contribution in [2.45, 2.75) is 31.8 Å². The van der Waals surface area contributed by atoms with Gasteiger partial charge in [0.25, 0.3) is 11.8 Å². The van der Waals surface area contributed by atoms with Gasteiger partial charge in [-0.25, -0.2) is 17.2 Å². The molecule has 0 aliphatic carbocycles. The number of carbonyl (C=O) groups is 2. The Morgan fingerprint density at radius 3 is 2.23 bits per heavy atom. The summed E-state index contributed by atoms with van der Waals surface area (Å²) in [4.78, 5) is 23.8. The van der Waals surface area contributed by atoms with Gasteiger partial charge in [0.2, 0.25) is 10.0 Å². The monoisotopic (exact) mass is 455 g/mol. The van der Waals surface area contributed by atoms with Gasteiger partial charge in [-0.1, -0.05) is 13.8 Å². The number of hydrogen-bond acceptors (Lipinski definition) is 5. The molecule has 2 amide bonds. The number of carbonyl (C=O) groups excluding carboxylic acids is 2. The van der Waals surface area contributed by atoms with Crippen LogP contribution in [0.1, 0.15) is 31.1 Å². The average Bonchev–Trinajstić information content (AvgIpc) is 2.74. The van der Waals surface area contributed by atoms with Crippen LogP contribution in [0.2, 0.25) is 0 Å². The molecule has 2 rings (SSSR count). The van der Waals surface area contributed by atoms with Crippen LogP contribution in [0.4, 0.5) is 8.78 Å². The van der Waals surface area contributed by atoms with Crippen molar-refractivity contribution in [3.63, 3.8) is 0 Å². The molecular formula is C20H23F2N3O5S. The summed E-state index contributed by atoms with van der Waals surface area (Å²) in [5.74, 6) is -2.76. The Hall–Kier alpha value is -3.05. The molecule has 168 valence electrons. The number of sulfonamides is 1. The number of nitrogens with zero attached hydrogens (tertiary/aromatic N) is 1. The Kier molecular flexibility index (Phi) is 8.06. The molecule has 0 bridgehead atoms. The number of hydrazine groups is 1. The molecule has 1 atom stereocenters. The summed E-state index contributed by atoms with van der Waals surface area (Å²) in [7, 11) is -4.13. The first-order valence-electron chi connectivity index (χ1n) is 9.42. The van der Waals surface area contributed by atoms with E-state index < -0.39 is 44.5 Å². The van der Waals surface area contributed by atoms with E-state index in [1.165, 1.54) is 31.2 Å². The molecule has 0 spiro atoms. The van der Waals surface area contributed by atoms with E-state index in [1.54, 1.807) is 13.8 Å². The van der Waals surface area contributed by atoms with E-state index in [2.05, 4.69) is 10.9 Å². The SMILES string of the molecule is CCN(CC)S(=O)(=O)c1cc(C(=O)NNC(=O)C(C)Oc2ccc(F)cc2)ccc1F. The quantitative estimate of drug-likeness (QED) is 0.594. The van der Waals surface area contributed by atoms with Gasteiger partial charge in [-0.15, -0.1) is 0 Å². The number of hydrogen-bond donors (Lipinski definition) is 2. The molecule has 2 aromatic rings. The van der Waals surface area contributed by atoms with Crippen LogP contribution in [0.3, 0.4) is 0 Å². The maximum atomic E-state index is 14.2. The summed E-state index contributed by atoms with van der Waals surface area (Å²) in [6.07, 6.45) is -1.03. The van der Waals surface area contributed by atoms with Crippen molar-refractivity contribution in [1.29, 1.82) is 0 Å². The van der Waals surface area contributed by atoms with Gasteiger partial charge in [-0.05, 0) is 49.4 Å². The summed E-state index contributed by atoms with van der Waals surface area (Å²) < 4.78 is 58.6. The minimum atomic E-state index is -4.13. The zero-order valence-corrected chi connectivity index (χ0v) is 18.0. The Bertz CT molecular complexity index is 1040. The fourth-order valence-electron chi connectivity index (χ4n) is 2.61. The van der Waals surface area contributed by atoms with Crippen molar-refractivity contribution < 1.29 is 31.5 Å². The summed E-state index contributed by atoms with van der Waals surface area (Å²) in [6, 6.07) is 7.88. The molecule has 0 aromatic heterocycles. The second kappa shape index (κ2) is 10.3. The van der Waals surface area contributed by atoms with Crippen molar-refractivity contribution in [2.75, 3.05) is 13.1 Å². The second-order valence-electron chi connectivity index (χ2n) is 6.39. The van der Waals surface area contributed by atoms with E-state index in [4.69, 9.17) is 4.74 Å². The minimum Gasteiger partial charge on any atom is -0.481 e. The lowest BCUT2D eigenvalue weighted by atomic mass is 10.2. The normalized spacial score (nSPS) is 12.3. The smallest absolute Gasteiger partial charge is 0.279 e. The Morgan fingerprint density at radius 2 is 1.65 bits per heavy atom. The summed E-state index contributed by atoms with van der Waals surface area (Å²) in [6.45, 7) is 4.91. The molecule has 0 saturated carbocycles. The van der Waals surface area contributed by atoms with Gasteiger partial charge in [0.05, 0.1) is 0 Å². The molecule has 0 aliphatic rings. The first-order valence-corrected chi connectivity index (χ1v) is 10.9. The lowest BCUT2D eigenvalue weighted by Crippen LogP contribution is -2.47. The molecule has 8 nitrogen and oxygen atoms in total. The zero-order chi connectivity index (χ0) is 23.2. The molecule has 0 saturated heterocycles. The molecule has 0 heterocycles. The minimum absolute atomic E-state index is 0.136. The van der Waals surface area contributed by atoms with Gasteiger partial charge in [0, 0.05) is 18.7 Å². The van der Waals surface area contributed by atoms with Crippen molar-refractivity contribution in [1.82, 2.24) is 15.2 Å². The third-order valence-electron chi connectivity index (χ3n) is 4.31. The van der Waals surface area contributed by atoms with Gasteiger partial charge in [-0.2, -0.15) is 4.31 Å². The van der Waals surface area contributed by atoms with Gasteiger partial charge in [0.1, 0.15) is 22.3 Å². The number of nitrogens with one attached hydrogen (secondary N) is 2. The largest absolute Gasteiger partial charge is 0.481 e. The van der Waals surface area contributed by atoms with Crippen LogP contribution >= 0.6 is 0 Å². The summed E-state index contributed by atoms with van der Waals surface area (Å²) >= 11 is 0. The first-order chi connectivity index (χ1) is 14.6. The molecule has 0 aliphatic heterocycles. The van der Waals surface area contributed by atoms with E-state index in [9.17, 15) is 26.8 Å². The van der Waals surface area contributed by atoms with E-state index >= 15 is 0 Å². The summed E-state index contributed by atoms with van der Waals surface area (Å²) in [5, 5.41) is 0. The van der Waals surface area contributed by atoms with Crippen molar-refractivity contribution in [3.05, 3.63) is 59.7 Å². The first kappa shape index (κ1) is 24.2. The predicted molar refractivity (Wildman–Crippen MR) is 109 cm³/mol. The van der Waals surface area contributed by atoms with Gasteiger partial charge in [0.15, 0.2) is 6.10 Å². The highest BCUT2D eigenvalue weighted by atomic mass is 32.2. The molecule has 0 fully saturated rings. The van der Waals surface area contributed by atoms with Crippen molar-refractivity contribution in [3.8, 4) is 5.75 Å². The number of amides is 2. The molecular weight excluding hydrogens is 432 g/mol. The van der Waals surface area contributed by atoms with E-state index in [0.717, 1.165) is 22.5 Å². The van der Waals surface area contributed by atoms with E-state index in [-0.39, 0.29) is 24.4 Å². The Balaban J connectivity index is 2.06. The number of ether oxygens (including phenoxy) is 1. The molecule has 31 heavy (non-hydrogen) atoms. The topological polar surface area (TPSA) is 105 Å². The zero-order valence-electron chi connectivity index (χ0n) is 17.2. The molecule has 2 aromatic carbocycles. The van der Waals surface area contributed by atoms with Crippen LogP contribution in [0.5, 0.6) is 5.75 Å². The van der Waals surface area contributed by atoms with Gasteiger partial charge < -0.3 is 4.74 Å². The third kappa shape index (κ3) is 5.98. The van der Waals surface area contributed by atoms with Crippen molar-refractivity contribution in [2.24, 2.45) is 0 Å². The van der Waals surface area contributed by atoms with Gasteiger partial charge in [-0.3, -0.25) is 20.4 Å². The maximum absolute atomic E-state index is 14.2. The average molecular weight is 455 g/mol. The second-order valence-corrected chi connectivity index (χ2v) is 8.30. The van der Waals surface area contributed by atoms with Crippen LogP contribution in [0.25, 0.3) is 0 Å². The van der Waals surface area contributed by atoms with Crippen LogP contribution in [0.15, 0.2) is 47.4 Å². The van der Waals surface area contributed by atoms with Crippen LogP contribution in [-0.4, -0.2) is 43.7 Å².